The van der Waals surface area contributed by atoms with E-state index >= 15 is 0 Å². The molecule has 0 aliphatic heterocycles. The van der Waals surface area contributed by atoms with E-state index in [0.29, 0.717) is 17.1 Å². The van der Waals surface area contributed by atoms with Gasteiger partial charge in [-0.15, -0.1) is 0 Å². The Bertz CT molecular complexity index is 1110. The number of nitrogens with one attached hydrogen (secondary N) is 2. The second kappa shape index (κ2) is 7.85. The number of hydrogen-bond acceptors (Lipinski definition) is 5. The molecular weight excluding hydrogens is 376 g/mol. The smallest absolute Gasteiger partial charge is 0.243 e. The van der Waals surface area contributed by atoms with Crippen molar-refractivity contribution in [1.82, 2.24) is 9.78 Å². The summed E-state index contributed by atoms with van der Waals surface area (Å²) in [5.41, 5.74) is 3.69. The van der Waals surface area contributed by atoms with E-state index in [1.54, 1.807) is 16.8 Å². The molecule has 146 valence electrons. The van der Waals surface area contributed by atoms with Crippen LogP contribution in [0.5, 0.6) is 0 Å². The number of amides is 1. The number of para-hydroxylation sites is 1. The zero-order valence-electron chi connectivity index (χ0n) is 15.9. The molecule has 28 heavy (non-hydrogen) atoms. The SMILES string of the molecule is Cc1nn(-c2ccccc2)c(C)c1NC(=O)CNc1cccc(S(C)(=O)=O)c1. The van der Waals surface area contributed by atoms with Gasteiger partial charge in [0.1, 0.15) is 0 Å². The molecule has 0 saturated carbocycles. The van der Waals surface area contributed by atoms with Crippen molar-refractivity contribution in [1.29, 1.82) is 0 Å². The molecule has 1 aromatic heterocycles. The van der Waals surface area contributed by atoms with Crippen LogP contribution in [0.4, 0.5) is 11.4 Å². The summed E-state index contributed by atoms with van der Waals surface area (Å²) in [7, 11) is -3.30. The van der Waals surface area contributed by atoms with Crippen LogP contribution in [0.3, 0.4) is 0 Å². The van der Waals surface area contributed by atoms with Crippen LogP contribution < -0.4 is 10.6 Å². The van der Waals surface area contributed by atoms with Crippen molar-refractivity contribution in [2.24, 2.45) is 0 Å². The number of anilines is 2. The van der Waals surface area contributed by atoms with Crippen LogP contribution in [0.2, 0.25) is 0 Å². The van der Waals surface area contributed by atoms with E-state index in [9.17, 15) is 13.2 Å². The molecule has 7 nitrogen and oxygen atoms in total. The summed E-state index contributed by atoms with van der Waals surface area (Å²) in [5.74, 6) is -0.247. The molecule has 1 heterocycles. The highest BCUT2D eigenvalue weighted by Crippen LogP contribution is 2.22. The molecule has 2 aromatic carbocycles. The maximum atomic E-state index is 12.4. The van der Waals surface area contributed by atoms with Crippen LogP contribution in [-0.4, -0.2) is 36.9 Å². The minimum absolute atomic E-state index is 0.00259. The molecule has 0 aliphatic rings. The fraction of sp³-hybridized carbons (Fsp3) is 0.200. The molecule has 0 saturated heterocycles. The van der Waals surface area contributed by atoms with Crippen LogP contribution in [0, 0.1) is 13.8 Å². The molecule has 0 fully saturated rings. The standard InChI is InChI=1S/C20H22N4O3S/c1-14-20(15(2)24(23-14)17-9-5-4-6-10-17)22-19(25)13-21-16-8-7-11-18(12-16)28(3,26)27/h4-12,21H,13H2,1-3H3,(H,22,25). The van der Waals surface area contributed by atoms with Gasteiger partial charge in [0, 0.05) is 11.9 Å². The van der Waals surface area contributed by atoms with Crippen molar-refractivity contribution >= 4 is 27.1 Å². The lowest BCUT2D eigenvalue weighted by Crippen LogP contribution is -2.22. The van der Waals surface area contributed by atoms with Gasteiger partial charge in [0.2, 0.25) is 5.91 Å². The number of benzene rings is 2. The average Bonchev–Trinajstić information content (AvgIpc) is 2.95. The van der Waals surface area contributed by atoms with Gasteiger partial charge in [-0.05, 0) is 44.2 Å². The van der Waals surface area contributed by atoms with E-state index in [1.807, 2.05) is 44.2 Å². The van der Waals surface area contributed by atoms with Crippen molar-refractivity contribution in [3.05, 3.63) is 66.0 Å². The number of sulfone groups is 1. The topological polar surface area (TPSA) is 93.1 Å². The van der Waals surface area contributed by atoms with Crippen LogP contribution in [0.1, 0.15) is 11.4 Å². The Labute approximate surface area is 164 Å². The van der Waals surface area contributed by atoms with Crippen LogP contribution >= 0.6 is 0 Å². The van der Waals surface area contributed by atoms with Gasteiger partial charge in [0.15, 0.2) is 9.84 Å². The van der Waals surface area contributed by atoms with E-state index in [0.717, 1.165) is 17.6 Å². The van der Waals surface area contributed by atoms with E-state index in [4.69, 9.17) is 0 Å². The molecule has 0 unspecified atom stereocenters. The first-order valence-corrected chi connectivity index (χ1v) is 10.6. The quantitative estimate of drug-likeness (QED) is 0.666. The van der Waals surface area contributed by atoms with Crippen molar-refractivity contribution < 1.29 is 13.2 Å². The van der Waals surface area contributed by atoms with Crippen LogP contribution in [0.15, 0.2) is 59.5 Å². The third-order valence-corrected chi connectivity index (χ3v) is 5.38. The lowest BCUT2D eigenvalue weighted by Gasteiger charge is -2.09. The first-order chi connectivity index (χ1) is 13.3. The summed E-state index contributed by atoms with van der Waals surface area (Å²) >= 11 is 0. The van der Waals surface area contributed by atoms with Gasteiger partial charge in [0.05, 0.1) is 34.2 Å². The second-order valence-electron chi connectivity index (χ2n) is 6.49. The Morgan fingerprint density at radius 3 is 2.46 bits per heavy atom. The molecular formula is C20H22N4O3S. The number of aromatic nitrogens is 2. The largest absolute Gasteiger partial charge is 0.376 e. The zero-order valence-corrected chi connectivity index (χ0v) is 16.7. The minimum Gasteiger partial charge on any atom is -0.376 e. The molecule has 8 heteroatoms. The van der Waals surface area contributed by atoms with E-state index < -0.39 is 9.84 Å². The number of carbonyl (C=O) groups is 1. The molecule has 2 N–H and O–H groups in total. The zero-order chi connectivity index (χ0) is 20.3. The van der Waals surface area contributed by atoms with Crippen LogP contribution in [0.25, 0.3) is 5.69 Å². The van der Waals surface area contributed by atoms with Crippen molar-refractivity contribution in [2.45, 2.75) is 18.7 Å². The van der Waals surface area contributed by atoms with E-state index in [-0.39, 0.29) is 17.3 Å². The number of carbonyl (C=O) groups excluding carboxylic acids is 1. The minimum atomic E-state index is -3.30. The fourth-order valence-corrected chi connectivity index (χ4v) is 3.51. The van der Waals surface area contributed by atoms with E-state index in [2.05, 4.69) is 15.7 Å². The summed E-state index contributed by atoms with van der Waals surface area (Å²) in [4.78, 5) is 12.6. The predicted molar refractivity (Wildman–Crippen MR) is 110 cm³/mol. The third-order valence-electron chi connectivity index (χ3n) is 4.27. The molecule has 0 radical (unpaired) electrons. The van der Waals surface area contributed by atoms with Crippen molar-refractivity contribution in [3.63, 3.8) is 0 Å². The Morgan fingerprint density at radius 1 is 1.07 bits per heavy atom. The lowest BCUT2D eigenvalue weighted by molar-refractivity contribution is -0.114. The Morgan fingerprint density at radius 2 is 1.79 bits per heavy atom. The Kier molecular flexibility index (Phi) is 5.51. The highest BCUT2D eigenvalue weighted by atomic mass is 32.2. The first kappa shape index (κ1) is 19.6. The normalized spacial score (nSPS) is 11.2. The van der Waals surface area contributed by atoms with Gasteiger partial charge in [-0.1, -0.05) is 24.3 Å². The molecule has 3 aromatic rings. The maximum absolute atomic E-state index is 12.4. The molecule has 0 spiro atoms. The summed E-state index contributed by atoms with van der Waals surface area (Å²) in [5, 5.41) is 10.3. The third kappa shape index (κ3) is 4.40. The highest BCUT2D eigenvalue weighted by molar-refractivity contribution is 7.90. The summed E-state index contributed by atoms with van der Waals surface area (Å²) in [6.07, 6.45) is 1.15. The summed E-state index contributed by atoms with van der Waals surface area (Å²) in [6.45, 7) is 3.74. The summed E-state index contributed by atoms with van der Waals surface area (Å²) < 4.78 is 25.1. The molecule has 3 rings (SSSR count). The van der Waals surface area contributed by atoms with Gasteiger partial charge >= 0.3 is 0 Å². The van der Waals surface area contributed by atoms with Crippen LogP contribution in [-0.2, 0) is 14.6 Å². The van der Waals surface area contributed by atoms with E-state index in [1.165, 1.54) is 12.1 Å². The predicted octanol–water partition coefficient (Wildman–Crippen LogP) is 2.94. The molecule has 0 atom stereocenters. The molecule has 1 amide bonds. The second-order valence-corrected chi connectivity index (χ2v) is 8.51. The van der Waals surface area contributed by atoms with Crippen molar-refractivity contribution in [2.75, 3.05) is 23.4 Å². The number of nitrogens with zero attached hydrogens (tertiary/aromatic N) is 2. The van der Waals surface area contributed by atoms with Crippen molar-refractivity contribution in [3.8, 4) is 5.69 Å². The average molecular weight is 398 g/mol. The number of hydrogen-bond donors (Lipinski definition) is 2. The maximum Gasteiger partial charge on any atom is 0.243 e. The highest BCUT2D eigenvalue weighted by Gasteiger charge is 2.15. The van der Waals surface area contributed by atoms with Gasteiger partial charge < -0.3 is 10.6 Å². The molecule has 0 aliphatic carbocycles. The van der Waals surface area contributed by atoms with Gasteiger partial charge in [-0.25, -0.2) is 13.1 Å². The Balaban J connectivity index is 1.70. The van der Waals surface area contributed by atoms with Gasteiger partial charge in [-0.3, -0.25) is 4.79 Å². The fourth-order valence-electron chi connectivity index (χ4n) is 2.85. The molecule has 0 bridgehead atoms. The Hall–Kier alpha value is -3.13. The summed E-state index contributed by atoms with van der Waals surface area (Å²) in [6, 6.07) is 16.1. The monoisotopic (exact) mass is 398 g/mol. The number of aryl methyl sites for hydroxylation is 1. The van der Waals surface area contributed by atoms with Gasteiger partial charge in [0.25, 0.3) is 0 Å². The van der Waals surface area contributed by atoms with Gasteiger partial charge in [-0.2, -0.15) is 5.10 Å². The lowest BCUT2D eigenvalue weighted by atomic mass is 10.3. The first-order valence-electron chi connectivity index (χ1n) is 8.71. The number of rotatable bonds is 6.